The fourth-order valence-electron chi connectivity index (χ4n) is 0.754. The lowest BCUT2D eigenvalue weighted by molar-refractivity contribution is -0.128. The van der Waals surface area contributed by atoms with Crippen LogP contribution in [0.2, 0.25) is 0 Å². The molecule has 0 aliphatic rings. The topological polar surface area (TPSA) is 29.5 Å². The van der Waals surface area contributed by atoms with Crippen molar-refractivity contribution >= 4 is 15.7 Å². The number of carbonyl (C=O) groups is 1. The van der Waals surface area contributed by atoms with E-state index >= 15 is 0 Å². The molecule has 4 heteroatoms. The third kappa shape index (κ3) is 4.51. The van der Waals surface area contributed by atoms with Gasteiger partial charge in [0, 0.05) is 25.7 Å². The van der Waals surface area contributed by atoms with Gasteiger partial charge in [0.05, 0.1) is 0 Å². The van der Waals surface area contributed by atoms with E-state index in [0.29, 0.717) is 11.8 Å². The SMILES string of the molecule is CC(=O)N(C)C(C)[SiH2]OC(C)C. The van der Waals surface area contributed by atoms with Gasteiger partial charge in [-0.25, -0.2) is 0 Å². The van der Waals surface area contributed by atoms with Gasteiger partial charge >= 0.3 is 0 Å². The highest BCUT2D eigenvalue weighted by Gasteiger charge is 2.12. The maximum Gasteiger partial charge on any atom is 0.219 e. The molecule has 0 rings (SSSR count). The molecule has 0 aromatic heterocycles. The van der Waals surface area contributed by atoms with Crippen LogP contribution in [0, 0.1) is 0 Å². The molecule has 12 heavy (non-hydrogen) atoms. The van der Waals surface area contributed by atoms with Crippen LogP contribution in [-0.4, -0.2) is 39.4 Å². The highest BCUT2D eigenvalue weighted by Crippen LogP contribution is 1.96. The van der Waals surface area contributed by atoms with Gasteiger partial charge in [-0.2, -0.15) is 0 Å². The number of nitrogens with zero attached hydrogens (tertiary/aromatic N) is 1. The minimum Gasteiger partial charge on any atom is -0.420 e. The molecular weight excluding hydrogens is 170 g/mol. The van der Waals surface area contributed by atoms with Gasteiger partial charge in [-0.15, -0.1) is 0 Å². The monoisotopic (exact) mass is 189 g/mol. The van der Waals surface area contributed by atoms with Crippen LogP contribution >= 0.6 is 0 Å². The van der Waals surface area contributed by atoms with E-state index in [1.54, 1.807) is 11.8 Å². The van der Waals surface area contributed by atoms with Crippen LogP contribution in [0.25, 0.3) is 0 Å². The Morgan fingerprint density at radius 3 is 2.25 bits per heavy atom. The van der Waals surface area contributed by atoms with Crippen LogP contribution in [-0.2, 0) is 9.22 Å². The van der Waals surface area contributed by atoms with Crippen LogP contribution in [0.5, 0.6) is 0 Å². The van der Waals surface area contributed by atoms with Gasteiger partial charge in [0.25, 0.3) is 0 Å². The lowest BCUT2D eigenvalue weighted by Gasteiger charge is -2.23. The average molecular weight is 189 g/mol. The molecule has 0 aromatic carbocycles. The Morgan fingerprint density at radius 1 is 1.42 bits per heavy atom. The van der Waals surface area contributed by atoms with Gasteiger partial charge in [-0.3, -0.25) is 4.79 Å². The normalized spacial score (nSPS) is 14.2. The van der Waals surface area contributed by atoms with Gasteiger partial charge in [0.2, 0.25) is 5.91 Å². The smallest absolute Gasteiger partial charge is 0.219 e. The lowest BCUT2D eigenvalue weighted by atomic mass is 10.5. The molecule has 1 unspecified atom stereocenters. The fraction of sp³-hybridized carbons (Fsp3) is 0.875. The van der Waals surface area contributed by atoms with Crippen molar-refractivity contribution in [3.63, 3.8) is 0 Å². The van der Waals surface area contributed by atoms with Crippen molar-refractivity contribution in [3.8, 4) is 0 Å². The highest BCUT2D eigenvalue weighted by molar-refractivity contribution is 6.30. The molecule has 0 radical (unpaired) electrons. The molecule has 0 fully saturated rings. The Balaban J connectivity index is 3.71. The molecule has 0 aliphatic heterocycles. The zero-order valence-corrected chi connectivity index (χ0v) is 10.0. The molecule has 1 atom stereocenters. The molecule has 1 amide bonds. The second-order valence-corrected chi connectivity index (χ2v) is 5.21. The van der Waals surface area contributed by atoms with Crippen LogP contribution in [0.15, 0.2) is 0 Å². The second-order valence-electron chi connectivity index (χ2n) is 3.36. The van der Waals surface area contributed by atoms with Gasteiger partial charge in [0.15, 0.2) is 9.76 Å². The van der Waals surface area contributed by atoms with E-state index in [1.165, 1.54) is 0 Å². The summed E-state index contributed by atoms with van der Waals surface area (Å²) >= 11 is 0. The maximum atomic E-state index is 10.9. The molecule has 0 aromatic rings. The number of hydrogen-bond acceptors (Lipinski definition) is 2. The average Bonchev–Trinajstić information content (AvgIpc) is 1.98. The molecule has 0 bridgehead atoms. The highest BCUT2D eigenvalue weighted by atomic mass is 28.2. The first kappa shape index (κ1) is 11.6. The minimum atomic E-state index is -0.597. The van der Waals surface area contributed by atoms with Crippen LogP contribution in [0.4, 0.5) is 0 Å². The van der Waals surface area contributed by atoms with Crippen molar-refractivity contribution in [1.82, 2.24) is 4.90 Å². The summed E-state index contributed by atoms with van der Waals surface area (Å²) in [4.78, 5) is 12.7. The van der Waals surface area contributed by atoms with Crippen molar-refractivity contribution < 1.29 is 9.22 Å². The van der Waals surface area contributed by atoms with Gasteiger partial charge in [-0.1, -0.05) is 0 Å². The number of hydrogen-bond donors (Lipinski definition) is 0. The lowest BCUT2D eigenvalue weighted by Crippen LogP contribution is -2.39. The van der Waals surface area contributed by atoms with E-state index in [1.807, 2.05) is 27.8 Å². The number of rotatable bonds is 4. The van der Waals surface area contributed by atoms with E-state index in [9.17, 15) is 4.79 Å². The molecule has 0 aliphatic carbocycles. The Morgan fingerprint density at radius 2 is 1.92 bits per heavy atom. The second kappa shape index (κ2) is 5.32. The zero-order chi connectivity index (χ0) is 9.72. The summed E-state index contributed by atoms with van der Waals surface area (Å²) in [7, 11) is 1.23. The molecule has 3 nitrogen and oxygen atoms in total. The molecule has 0 saturated heterocycles. The first-order valence-electron chi connectivity index (χ1n) is 4.30. The van der Waals surface area contributed by atoms with E-state index in [-0.39, 0.29) is 5.91 Å². The number of carbonyl (C=O) groups excluding carboxylic acids is 1. The Hall–Kier alpha value is -0.353. The molecular formula is C8H19NO2Si. The quantitative estimate of drug-likeness (QED) is 0.596. The minimum absolute atomic E-state index is 0.113. The predicted molar refractivity (Wildman–Crippen MR) is 52.7 cm³/mol. The first-order valence-corrected chi connectivity index (χ1v) is 5.69. The number of amides is 1. The summed E-state index contributed by atoms with van der Waals surface area (Å²) in [5, 5.41) is 0. The van der Waals surface area contributed by atoms with E-state index in [2.05, 4.69) is 0 Å². The summed E-state index contributed by atoms with van der Waals surface area (Å²) < 4.78 is 5.52. The Kier molecular flexibility index (Phi) is 5.16. The Labute approximate surface area is 77.0 Å². The molecule has 0 saturated carbocycles. The summed E-state index contributed by atoms with van der Waals surface area (Å²) in [6.45, 7) is 7.66. The summed E-state index contributed by atoms with van der Waals surface area (Å²) in [5.41, 5.74) is 0.296. The van der Waals surface area contributed by atoms with E-state index in [4.69, 9.17) is 4.43 Å². The van der Waals surface area contributed by atoms with Crippen LogP contribution < -0.4 is 0 Å². The molecule has 0 heterocycles. The van der Waals surface area contributed by atoms with E-state index in [0.717, 1.165) is 0 Å². The molecule has 0 N–H and O–H groups in total. The van der Waals surface area contributed by atoms with Crippen molar-refractivity contribution in [2.24, 2.45) is 0 Å². The van der Waals surface area contributed by atoms with Crippen molar-refractivity contribution in [2.75, 3.05) is 7.05 Å². The van der Waals surface area contributed by atoms with Crippen molar-refractivity contribution in [2.45, 2.75) is 39.5 Å². The first-order chi connectivity index (χ1) is 5.45. The molecule has 72 valence electrons. The van der Waals surface area contributed by atoms with E-state index < -0.39 is 9.76 Å². The predicted octanol–water partition coefficient (Wildman–Crippen LogP) is 0.320. The van der Waals surface area contributed by atoms with Crippen LogP contribution in [0.3, 0.4) is 0 Å². The van der Waals surface area contributed by atoms with Gasteiger partial charge in [-0.05, 0) is 20.8 Å². The van der Waals surface area contributed by atoms with Crippen molar-refractivity contribution in [3.05, 3.63) is 0 Å². The van der Waals surface area contributed by atoms with Gasteiger partial charge in [0.1, 0.15) is 0 Å². The fourth-order valence-corrected chi connectivity index (χ4v) is 1.90. The Bertz CT molecular complexity index is 150. The van der Waals surface area contributed by atoms with Gasteiger partial charge < -0.3 is 9.33 Å². The maximum absolute atomic E-state index is 10.9. The largest absolute Gasteiger partial charge is 0.420 e. The third-order valence-corrected chi connectivity index (χ3v) is 3.72. The summed E-state index contributed by atoms with van der Waals surface area (Å²) in [6, 6.07) is 0. The standard InChI is InChI=1S/C8H19NO2Si/c1-6(2)11-12-8(4)9(5)7(3)10/h6,8H,12H2,1-5H3. The van der Waals surface area contributed by atoms with Crippen LogP contribution in [0.1, 0.15) is 27.7 Å². The third-order valence-electron chi connectivity index (χ3n) is 1.83. The summed E-state index contributed by atoms with van der Waals surface area (Å²) in [6.07, 6.45) is 0.291. The van der Waals surface area contributed by atoms with Crippen molar-refractivity contribution in [1.29, 1.82) is 0 Å². The molecule has 0 spiro atoms. The summed E-state index contributed by atoms with van der Waals surface area (Å²) in [5.74, 6) is 0.113. The zero-order valence-electron chi connectivity index (χ0n) is 8.63.